The van der Waals surface area contributed by atoms with Gasteiger partial charge in [-0.1, -0.05) is 50.6 Å². The lowest BCUT2D eigenvalue weighted by atomic mass is 9.73. The third-order valence-corrected chi connectivity index (χ3v) is 12.4. The number of carbonyl (C=O) groups excluding carboxylic acids is 3. The molecule has 2 saturated heterocycles. The van der Waals surface area contributed by atoms with Gasteiger partial charge in [-0.25, -0.2) is 0 Å². The maximum Gasteiger partial charge on any atom is 0.238 e. The van der Waals surface area contributed by atoms with Crippen LogP contribution < -0.4 is 10.2 Å². The Hall–Kier alpha value is -2.25. The van der Waals surface area contributed by atoms with Crippen LogP contribution in [0.4, 0.5) is 5.69 Å². The zero-order valence-electron chi connectivity index (χ0n) is 19.8. The fraction of sp³-hybridized carbons (Fsp3) is 0.560. The summed E-state index contributed by atoms with van der Waals surface area (Å²) in [5, 5.41) is 3.10. The van der Waals surface area contributed by atoms with E-state index < -0.39 is 8.32 Å². The number of nitrogens with one attached hydrogen (secondary N) is 1. The summed E-state index contributed by atoms with van der Waals surface area (Å²) in [5.74, 6) is -1.19. The first-order valence-corrected chi connectivity index (χ1v) is 14.4. The molecule has 32 heavy (non-hydrogen) atoms. The monoisotopic (exact) mass is 454 g/mol. The molecule has 3 aliphatic rings. The first kappa shape index (κ1) is 22.9. The fourth-order valence-electron chi connectivity index (χ4n) is 4.90. The van der Waals surface area contributed by atoms with Crippen molar-refractivity contribution in [2.24, 2.45) is 17.8 Å². The minimum atomic E-state index is -2.01. The molecule has 4 rings (SSSR count). The Morgan fingerprint density at radius 2 is 1.69 bits per heavy atom. The number of hydrogen-bond donors (Lipinski definition) is 1. The minimum absolute atomic E-state index is 0.00368. The van der Waals surface area contributed by atoms with Crippen LogP contribution in [0.3, 0.4) is 0 Å². The number of allylic oxidation sites excluding steroid dienone is 1. The van der Waals surface area contributed by atoms with Crippen molar-refractivity contribution in [2.45, 2.75) is 70.8 Å². The van der Waals surface area contributed by atoms with Gasteiger partial charge in [-0.15, -0.1) is 0 Å². The second kappa shape index (κ2) is 7.95. The summed E-state index contributed by atoms with van der Waals surface area (Å²) in [4.78, 5) is 40.0. The summed E-state index contributed by atoms with van der Waals surface area (Å²) < 4.78 is 6.52. The summed E-state index contributed by atoms with van der Waals surface area (Å²) in [6.45, 7) is 12.9. The fourth-order valence-corrected chi connectivity index (χ4v) is 6.33. The van der Waals surface area contributed by atoms with Crippen molar-refractivity contribution in [3.63, 3.8) is 0 Å². The molecule has 1 aliphatic carbocycles. The molecule has 1 N–H and O–H groups in total. The molecule has 0 bridgehead atoms. The number of fused-ring (bicyclic) bond motifs is 1. The first-order valence-electron chi connectivity index (χ1n) is 11.5. The second-order valence-electron chi connectivity index (χ2n) is 10.9. The van der Waals surface area contributed by atoms with Gasteiger partial charge in [-0.2, -0.15) is 0 Å². The molecular formula is C25H34N2O4Si. The molecule has 5 atom stereocenters. The number of imide groups is 1. The van der Waals surface area contributed by atoms with Gasteiger partial charge in [0.05, 0.1) is 35.6 Å². The van der Waals surface area contributed by atoms with Crippen molar-refractivity contribution in [2.75, 3.05) is 4.90 Å². The van der Waals surface area contributed by atoms with Gasteiger partial charge in [0, 0.05) is 0 Å². The number of carbonyl (C=O) groups is 3. The van der Waals surface area contributed by atoms with Gasteiger partial charge in [0.2, 0.25) is 17.7 Å². The average molecular weight is 455 g/mol. The molecule has 172 valence electrons. The highest BCUT2D eigenvalue weighted by Gasteiger charge is 2.53. The van der Waals surface area contributed by atoms with E-state index in [0.29, 0.717) is 18.5 Å². The average Bonchev–Trinajstić information content (AvgIpc) is 2.95. The Labute approximate surface area is 191 Å². The van der Waals surface area contributed by atoms with Crippen LogP contribution in [0.5, 0.6) is 0 Å². The van der Waals surface area contributed by atoms with Crippen LogP contribution in [-0.4, -0.2) is 38.2 Å². The van der Waals surface area contributed by atoms with Crippen molar-refractivity contribution in [3.05, 3.63) is 42.0 Å². The molecule has 1 aromatic rings. The Bertz CT molecular complexity index is 966. The molecular weight excluding hydrogens is 420 g/mol. The SMILES string of the molecule is CC(O[Si](C)(C)C(C)(C)C)C1C(=O)NC1C1=CCC2C(=O)N(c3ccccc3)C(=O)C2C1. The van der Waals surface area contributed by atoms with E-state index in [1.807, 2.05) is 25.1 Å². The maximum atomic E-state index is 13.2. The highest BCUT2D eigenvalue weighted by Crippen LogP contribution is 2.44. The van der Waals surface area contributed by atoms with Gasteiger partial charge in [-0.05, 0) is 50.0 Å². The van der Waals surface area contributed by atoms with Gasteiger partial charge < -0.3 is 9.74 Å². The number of rotatable bonds is 5. The highest BCUT2D eigenvalue weighted by molar-refractivity contribution is 6.74. The van der Waals surface area contributed by atoms with Crippen molar-refractivity contribution < 1.29 is 18.8 Å². The van der Waals surface area contributed by atoms with Crippen LogP contribution in [0.15, 0.2) is 42.0 Å². The Morgan fingerprint density at radius 1 is 1.06 bits per heavy atom. The van der Waals surface area contributed by atoms with E-state index in [1.54, 1.807) is 12.1 Å². The summed E-state index contributed by atoms with van der Waals surface area (Å²) in [5.41, 5.74) is 1.68. The zero-order valence-corrected chi connectivity index (χ0v) is 20.8. The number of β-lactam (4-membered cyclic amide) rings is 1. The van der Waals surface area contributed by atoms with E-state index in [9.17, 15) is 14.4 Å². The first-order chi connectivity index (χ1) is 14.9. The second-order valence-corrected chi connectivity index (χ2v) is 15.6. The zero-order chi connectivity index (χ0) is 23.4. The van der Waals surface area contributed by atoms with E-state index in [0.717, 1.165) is 5.57 Å². The van der Waals surface area contributed by atoms with Gasteiger partial charge in [0.1, 0.15) is 0 Å². The number of amides is 3. The van der Waals surface area contributed by atoms with Gasteiger partial charge in [-0.3, -0.25) is 19.3 Å². The van der Waals surface area contributed by atoms with Gasteiger partial charge >= 0.3 is 0 Å². The Balaban J connectivity index is 1.49. The molecule has 2 heterocycles. The molecule has 0 spiro atoms. The van der Waals surface area contributed by atoms with E-state index in [2.05, 4.69) is 45.3 Å². The lowest BCUT2D eigenvalue weighted by Crippen LogP contribution is -2.64. The maximum absolute atomic E-state index is 13.2. The number of nitrogens with zero attached hydrogens (tertiary/aromatic N) is 1. The van der Waals surface area contributed by atoms with E-state index in [1.165, 1.54) is 4.90 Å². The summed E-state index contributed by atoms with van der Waals surface area (Å²) in [6, 6.07) is 9.00. The lowest BCUT2D eigenvalue weighted by Gasteiger charge is -2.46. The largest absolute Gasteiger partial charge is 0.413 e. The van der Waals surface area contributed by atoms with Crippen LogP contribution >= 0.6 is 0 Å². The van der Waals surface area contributed by atoms with Crippen LogP contribution in [0, 0.1) is 17.8 Å². The molecule has 2 aliphatic heterocycles. The van der Waals surface area contributed by atoms with E-state index in [-0.39, 0.29) is 52.7 Å². The number of anilines is 1. The molecule has 6 nitrogen and oxygen atoms in total. The minimum Gasteiger partial charge on any atom is -0.413 e. The molecule has 2 fully saturated rings. The molecule has 0 aromatic heterocycles. The van der Waals surface area contributed by atoms with Crippen molar-refractivity contribution in [1.29, 1.82) is 0 Å². The smallest absolute Gasteiger partial charge is 0.238 e. The third-order valence-electron chi connectivity index (χ3n) is 7.82. The lowest BCUT2D eigenvalue weighted by molar-refractivity contribution is -0.138. The molecule has 1 aromatic carbocycles. The van der Waals surface area contributed by atoms with E-state index in [4.69, 9.17) is 4.43 Å². The topological polar surface area (TPSA) is 75.7 Å². The highest BCUT2D eigenvalue weighted by atomic mass is 28.4. The number of hydrogen-bond acceptors (Lipinski definition) is 4. The standard InChI is InChI=1S/C25H34N2O4Si/c1-15(31-32(5,6)25(2,3)4)20-21(26-22(20)28)16-12-13-18-19(14-16)24(30)27(23(18)29)17-10-8-7-9-11-17/h7-12,15,18-21H,13-14H2,1-6H3,(H,26,28). The summed E-state index contributed by atoms with van der Waals surface area (Å²) in [6.07, 6.45) is 2.91. The third kappa shape index (κ3) is 3.75. The Kier molecular flexibility index (Phi) is 5.70. The van der Waals surface area contributed by atoms with Crippen LogP contribution in [0.2, 0.25) is 18.1 Å². The predicted molar refractivity (Wildman–Crippen MR) is 126 cm³/mol. The van der Waals surface area contributed by atoms with Crippen LogP contribution in [0.25, 0.3) is 0 Å². The molecule has 0 saturated carbocycles. The van der Waals surface area contributed by atoms with Crippen LogP contribution in [-0.2, 0) is 18.8 Å². The summed E-state index contributed by atoms with van der Waals surface area (Å²) >= 11 is 0. The van der Waals surface area contributed by atoms with Gasteiger partial charge in [0.25, 0.3) is 0 Å². The summed E-state index contributed by atoms with van der Waals surface area (Å²) in [7, 11) is -2.01. The van der Waals surface area contributed by atoms with Gasteiger partial charge in [0.15, 0.2) is 8.32 Å². The number of para-hydroxylation sites is 1. The number of benzene rings is 1. The normalized spacial score (nSPS) is 29.2. The molecule has 3 amide bonds. The quantitative estimate of drug-likeness (QED) is 0.315. The van der Waals surface area contributed by atoms with Crippen molar-refractivity contribution in [3.8, 4) is 0 Å². The van der Waals surface area contributed by atoms with Crippen molar-refractivity contribution in [1.82, 2.24) is 5.32 Å². The van der Waals surface area contributed by atoms with Crippen molar-refractivity contribution >= 4 is 31.7 Å². The molecule has 7 heteroatoms. The predicted octanol–water partition coefficient (Wildman–Crippen LogP) is 4.04. The molecule has 0 radical (unpaired) electrons. The van der Waals surface area contributed by atoms with Crippen LogP contribution in [0.1, 0.15) is 40.5 Å². The molecule has 5 unspecified atom stereocenters. The Morgan fingerprint density at radius 3 is 2.28 bits per heavy atom. The van der Waals surface area contributed by atoms with E-state index >= 15 is 0 Å².